The molecule has 2 aromatic carbocycles. The fourth-order valence-corrected chi connectivity index (χ4v) is 6.08. The van der Waals surface area contributed by atoms with Gasteiger partial charge in [-0.1, -0.05) is 85.0 Å². The van der Waals surface area contributed by atoms with Crippen LogP contribution in [0, 0.1) is 22.7 Å². The van der Waals surface area contributed by atoms with E-state index in [1.165, 1.54) is 14.2 Å². The third kappa shape index (κ3) is 2.56. The second-order valence-electron chi connectivity index (χ2n) is 8.63. The first-order valence-electron chi connectivity index (χ1n) is 11.0. The van der Waals surface area contributed by atoms with Gasteiger partial charge in [-0.15, -0.1) is 0 Å². The Morgan fingerprint density at radius 3 is 1.48 bits per heavy atom. The Balaban J connectivity index is 2.02. The molecule has 33 heavy (non-hydrogen) atoms. The number of ketones is 1. The van der Waals surface area contributed by atoms with Gasteiger partial charge in [-0.25, -0.2) is 0 Å². The van der Waals surface area contributed by atoms with Gasteiger partial charge in [0.15, 0.2) is 16.6 Å². The lowest BCUT2D eigenvalue weighted by molar-refractivity contribution is -0.168. The molecule has 2 aromatic rings. The topological polar surface area (TPSA) is 69.7 Å². The number of benzene rings is 2. The maximum atomic E-state index is 14.7. The summed E-state index contributed by atoms with van der Waals surface area (Å²) in [4.78, 5) is 42.1. The fraction of sp³-hybridized carbons (Fsp3) is 0.250. The summed E-state index contributed by atoms with van der Waals surface area (Å²) >= 11 is 0. The van der Waals surface area contributed by atoms with Gasteiger partial charge in [-0.05, 0) is 28.7 Å². The van der Waals surface area contributed by atoms with E-state index in [9.17, 15) is 14.4 Å². The van der Waals surface area contributed by atoms with Crippen LogP contribution < -0.4 is 0 Å². The lowest BCUT2D eigenvalue weighted by atomic mass is 9.54. The first-order chi connectivity index (χ1) is 16.0. The largest absolute Gasteiger partial charge is 0.468 e. The molecule has 1 fully saturated rings. The van der Waals surface area contributed by atoms with Gasteiger partial charge in [0.25, 0.3) is 0 Å². The molecule has 166 valence electrons. The summed E-state index contributed by atoms with van der Waals surface area (Å²) in [5, 5.41) is 0. The lowest BCUT2D eigenvalue weighted by Crippen LogP contribution is -2.58. The van der Waals surface area contributed by atoms with Gasteiger partial charge in [0, 0.05) is 11.8 Å². The smallest absolute Gasteiger partial charge is 0.324 e. The van der Waals surface area contributed by atoms with Gasteiger partial charge >= 0.3 is 11.9 Å². The molecule has 5 nitrogen and oxygen atoms in total. The number of Topliss-reactive ketones (excluding diaryl/α,β-unsaturated/α-hetero) is 1. The highest BCUT2D eigenvalue weighted by Gasteiger charge is 2.76. The van der Waals surface area contributed by atoms with E-state index in [1.807, 2.05) is 85.0 Å². The molecule has 0 aliphatic heterocycles. The van der Waals surface area contributed by atoms with Crippen molar-refractivity contribution in [2.75, 3.05) is 14.2 Å². The number of methoxy groups -OCH3 is 2. The molecule has 0 unspecified atom stereocenters. The minimum Gasteiger partial charge on any atom is -0.468 e. The Hall–Kier alpha value is -3.73. The number of carbonyl (C=O) groups excluding carboxylic acids is 3. The van der Waals surface area contributed by atoms with Crippen molar-refractivity contribution < 1.29 is 23.9 Å². The standard InChI is InChI=1S/C28H24O5/c1-32-25(30)27-20-15-9-10-16-21(17-20)28(24(27)29,26(31)33-2)23(19-13-7-4-8-14-19)22(27)18-11-5-3-6-12-18/h3-16,20-21H,17H2,1-2H3/t20-,21+,27-,28+. The van der Waals surface area contributed by atoms with E-state index >= 15 is 0 Å². The van der Waals surface area contributed by atoms with E-state index in [-0.39, 0.29) is 0 Å². The highest BCUT2D eigenvalue weighted by Crippen LogP contribution is 2.69. The molecule has 1 saturated carbocycles. The van der Waals surface area contributed by atoms with Gasteiger partial charge in [0.1, 0.15) is 0 Å². The minimum absolute atomic E-state index is 0.440. The Kier molecular flexibility index (Phi) is 4.93. The molecule has 0 aromatic heterocycles. The van der Waals surface area contributed by atoms with Gasteiger partial charge in [-0.3, -0.25) is 14.4 Å². The summed E-state index contributed by atoms with van der Waals surface area (Å²) < 4.78 is 10.6. The number of carbonyl (C=O) groups is 3. The monoisotopic (exact) mass is 440 g/mol. The van der Waals surface area contributed by atoms with Crippen LogP contribution in [0.3, 0.4) is 0 Å². The zero-order valence-corrected chi connectivity index (χ0v) is 18.5. The number of fused-ring (bicyclic) bond motifs is 6. The molecule has 0 N–H and O–H groups in total. The predicted molar refractivity (Wildman–Crippen MR) is 123 cm³/mol. The molecule has 0 amide bonds. The van der Waals surface area contributed by atoms with E-state index < -0.39 is 40.4 Å². The van der Waals surface area contributed by atoms with Crippen LogP contribution in [0.2, 0.25) is 0 Å². The summed E-state index contributed by atoms with van der Waals surface area (Å²) in [5.41, 5.74) is -0.829. The van der Waals surface area contributed by atoms with Crippen molar-refractivity contribution in [3.63, 3.8) is 0 Å². The molecule has 4 atom stereocenters. The van der Waals surface area contributed by atoms with E-state index in [0.717, 1.165) is 0 Å². The molecule has 0 heterocycles. The molecule has 0 radical (unpaired) electrons. The molecular formula is C28H24O5. The predicted octanol–water partition coefficient (Wildman–Crippen LogP) is 4.26. The summed E-state index contributed by atoms with van der Waals surface area (Å²) in [6.45, 7) is 0. The molecule has 0 spiro atoms. The van der Waals surface area contributed by atoms with E-state index in [4.69, 9.17) is 9.47 Å². The van der Waals surface area contributed by atoms with Crippen molar-refractivity contribution in [1.29, 1.82) is 0 Å². The van der Waals surface area contributed by atoms with E-state index in [1.54, 1.807) is 0 Å². The Morgan fingerprint density at radius 2 is 1.12 bits per heavy atom. The van der Waals surface area contributed by atoms with Gasteiger partial charge in [0.2, 0.25) is 0 Å². The second-order valence-corrected chi connectivity index (χ2v) is 8.63. The van der Waals surface area contributed by atoms with Crippen LogP contribution in [0.5, 0.6) is 0 Å². The number of hydrogen-bond acceptors (Lipinski definition) is 5. The third-order valence-corrected chi connectivity index (χ3v) is 7.31. The maximum absolute atomic E-state index is 14.7. The number of esters is 2. The number of ether oxygens (including phenoxy) is 2. The fourth-order valence-electron chi connectivity index (χ4n) is 6.08. The van der Waals surface area contributed by atoms with Crippen molar-refractivity contribution in [2.24, 2.45) is 22.7 Å². The van der Waals surface area contributed by atoms with Crippen LogP contribution in [0.1, 0.15) is 17.5 Å². The second kappa shape index (κ2) is 7.69. The van der Waals surface area contributed by atoms with Crippen LogP contribution in [0.15, 0.2) is 85.0 Å². The van der Waals surface area contributed by atoms with Crippen molar-refractivity contribution in [3.8, 4) is 0 Å². The van der Waals surface area contributed by atoms with E-state index in [2.05, 4.69) is 0 Å². The third-order valence-electron chi connectivity index (χ3n) is 7.31. The molecule has 4 bridgehead atoms. The Labute approximate surface area is 192 Å². The molecule has 5 heteroatoms. The minimum atomic E-state index is -1.66. The average Bonchev–Trinajstić information content (AvgIpc) is 3.01. The maximum Gasteiger partial charge on any atom is 0.324 e. The van der Waals surface area contributed by atoms with Crippen LogP contribution in [0.25, 0.3) is 11.1 Å². The summed E-state index contributed by atoms with van der Waals surface area (Å²) in [6, 6.07) is 18.7. The molecule has 0 saturated heterocycles. The Bertz CT molecular complexity index is 1130. The van der Waals surface area contributed by atoms with Crippen molar-refractivity contribution in [1.82, 2.24) is 0 Å². The molecule has 3 aliphatic carbocycles. The van der Waals surface area contributed by atoms with Crippen molar-refractivity contribution >= 4 is 28.9 Å². The molecule has 3 aliphatic rings. The van der Waals surface area contributed by atoms with Crippen LogP contribution in [-0.4, -0.2) is 31.9 Å². The summed E-state index contributed by atoms with van der Waals surface area (Å²) in [6.07, 6.45) is 7.92. The number of allylic oxidation sites excluding steroid dienone is 4. The zero-order valence-electron chi connectivity index (χ0n) is 18.5. The van der Waals surface area contributed by atoms with Crippen LogP contribution in [-0.2, 0) is 23.9 Å². The Morgan fingerprint density at radius 1 is 0.727 bits per heavy atom. The zero-order chi connectivity index (χ0) is 23.2. The van der Waals surface area contributed by atoms with Gasteiger partial charge < -0.3 is 9.47 Å². The number of rotatable bonds is 4. The van der Waals surface area contributed by atoms with E-state index in [0.29, 0.717) is 28.7 Å². The first-order valence-corrected chi connectivity index (χ1v) is 11.0. The van der Waals surface area contributed by atoms with Gasteiger partial charge in [0.05, 0.1) is 14.2 Å². The highest BCUT2D eigenvalue weighted by atomic mass is 16.5. The van der Waals surface area contributed by atoms with Crippen molar-refractivity contribution in [3.05, 3.63) is 96.1 Å². The molecule has 5 rings (SSSR count). The van der Waals surface area contributed by atoms with Crippen molar-refractivity contribution in [2.45, 2.75) is 6.42 Å². The molecular weight excluding hydrogens is 416 g/mol. The quantitative estimate of drug-likeness (QED) is 0.525. The summed E-state index contributed by atoms with van der Waals surface area (Å²) in [5.74, 6) is -2.71. The normalized spacial score (nSPS) is 29.6. The van der Waals surface area contributed by atoms with Gasteiger partial charge in [-0.2, -0.15) is 0 Å². The first kappa shape index (κ1) is 21.1. The van der Waals surface area contributed by atoms with Crippen LogP contribution in [0.4, 0.5) is 0 Å². The lowest BCUT2D eigenvalue weighted by Gasteiger charge is -2.44. The highest BCUT2D eigenvalue weighted by molar-refractivity contribution is 6.37. The average molecular weight is 440 g/mol. The SMILES string of the molecule is COC(=O)[C@@]12C(=O)[C@@](C(=O)OC)(C(c3ccccc3)=C1c1ccccc1)[C@H]1C=CC=C[C@@H]2C1. The number of hydrogen-bond donors (Lipinski definition) is 0. The summed E-state index contributed by atoms with van der Waals surface area (Å²) in [7, 11) is 2.58. The van der Waals surface area contributed by atoms with Crippen LogP contribution >= 0.6 is 0 Å².